The van der Waals surface area contributed by atoms with Gasteiger partial charge in [-0.15, -0.1) is 10.2 Å². The number of halogens is 1. The van der Waals surface area contributed by atoms with Crippen LogP contribution in [0.3, 0.4) is 0 Å². The first kappa shape index (κ1) is 17.7. The van der Waals surface area contributed by atoms with Gasteiger partial charge in [0.15, 0.2) is 5.82 Å². The fraction of sp³-hybridized carbons (Fsp3) is 0.333. The van der Waals surface area contributed by atoms with Crippen molar-refractivity contribution >= 4 is 16.6 Å². The molecule has 1 aliphatic carbocycles. The summed E-state index contributed by atoms with van der Waals surface area (Å²) in [5.41, 5.74) is 6.37. The Bertz CT molecular complexity index is 1340. The maximum absolute atomic E-state index is 15.6. The Morgan fingerprint density at radius 3 is 2.70 bits per heavy atom. The largest absolute Gasteiger partial charge is 0.369 e. The highest BCUT2D eigenvalue weighted by molar-refractivity contribution is 5.98. The van der Waals surface area contributed by atoms with Crippen LogP contribution < -0.4 is 5.32 Å². The van der Waals surface area contributed by atoms with Crippen LogP contribution in [-0.2, 0) is 5.54 Å². The molecule has 0 amide bonds. The summed E-state index contributed by atoms with van der Waals surface area (Å²) in [5, 5.41) is 13.4. The molecule has 2 aromatic carbocycles. The van der Waals surface area contributed by atoms with Gasteiger partial charge in [0.05, 0.1) is 22.4 Å². The number of fused-ring (bicyclic) bond motifs is 4. The van der Waals surface area contributed by atoms with Crippen molar-refractivity contribution in [2.75, 3.05) is 5.32 Å². The Kier molecular flexibility index (Phi) is 3.37. The summed E-state index contributed by atoms with van der Waals surface area (Å²) in [6, 6.07) is 7.97. The Hall–Kier alpha value is -3.15. The van der Waals surface area contributed by atoms with Crippen molar-refractivity contribution in [2.45, 2.75) is 52.0 Å². The van der Waals surface area contributed by atoms with Crippen molar-refractivity contribution in [3.63, 3.8) is 0 Å². The summed E-state index contributed by atoms with van der Waals surface area (Å²) in [4.78, 5) is 3.41. The van der Waals surface area contributed by atoms with Crippen LogP contribution in [0.2, 0.25) is 0 Å². The first-order chi connectivity index (χ1) is 14.4. The number of hydrogen-bond acceptors (Lipinski definition) is 3. The number of nitrogens with one attached hydrogen (secondary N) is 2. The predicted octanol–water partition coefficient (Wildman–Crippen LogP) is 5.71. The van der Waals surface area contributed by atoms with Gasteiger partial charge in [-0.3, -0.25) is 4.57 Å². The molecule has 0 spiro atoms. The third-order valence-electron chi connectivity index (χ3n) is 6.54. The van der Waals surface area contributed by atoms with Crippen LogP contribution >= 0.6 is 0 Å². The van der Waals surface area contributed by atoms with Crippen molar-refractivity contribution in [3.8, 4) is 16.8 Å². The molecule has 30 heavy (non-hydrogen) atoms. The fourth-order valence-electron chi connectivity index (χ4n) is 4.93. The van der Waals surface area contributed by atoms with Gasteiger partial charge < -0.3 is 10.3 Å². The van der Waals surface area contributed by atoms with Crippen molar-refractivity contribution in [2.24, 2.45) is 0 Å². The first-order valence-corrected chi connectivity index (χ1v) is 10.5. The van der Waals surface area contributed by atoms with Gasteiger partial charge in [0.25, 0.3) is 0 Å². The molecule has 152 valence electrons. The Morgan fingerprint density at radius 2 is 1.93 bits per heavy atom. The Balaban J connectivity index is 1.73. The van der Waals surface area contributed by atoms with Crippen LogP contribution in [-0.4, -0.2) is 19.7 Å². The molecule has 2 N–H and O–H groups in total. The SMILES string of the molecule is Cc1c[nH]c2c(-c3cc(F)c4c(c3C3CC3)-n3c(C)nnc3C(C)(C)N4)cccc12. The predicted molar refractivity (Wildman–Crippen MR) is 117 cm³/mol. The number of nitrogens with zero attached hydrogens (tertiary/aromatic N) is 3. The molecular weight excluding hydrogens is 377 g/mol. The molecule has 0 radical (unpaired) electrons. The lowest BCUT2D eigenvalue weighted by atomic mass is 9.89. The second kappa shape index (κ2) is 5.72. The monoisotopic (exact) mass is 401 g/mol. The third-order valence-corrected chi connectivity index (χ3v) is 6.54. The minimum Gasteiger partial charge on any atom is -0.369 e. The van der Waals surface area contributed by atoms with E-state index in [1.807, 2.05) is 27.0 Å². The van der Waals surface area contributed by atoms with Gasteiger partial charge >= 0.3 is 0 Å². The van der Waals surface area contributed by atoms with Crippen molar-refractivity contribution in [1.82, 2.24) is 19.7 Å². The zero-order chi connectivity index (χ0) is 20.8. The van der Waals surface area contributed by atoms with Gasteiger partial charge in [0.2, 0.25) is 0 Å². The first-order valence-electron chi connectivity index (χ1n) is 10.5. The van der Waals surface area contributed by atoms with Gasteiger partial charge in [0, 0.05) is 17.1 Å². The third kappa shape index (κ3) is 2.27. The van der Waals surface area contributed by atoms with E-state index in [9.17, 15) is 0 Å². The van der Waals surface area contributed by atoms with Gasteiger partial charge in [-0.25, -0.2) is 4.39 Å². The second-order valence-corrected chi connectivity index (χ2v) is 9.17. The van der Waals surface area contributed by atoms with Crippen LogP contribution in [0.25, 0.3) is 27.7 Å². The Labute approximate surface area is 174 Å². The number of aromatic nitrogens is 4. The molecule has 6 rings (SSSR count). The molecule has 4 aromatic rings. The molecule has 5 nitrogen and oxygen atoms in total. The summed E-state index contributed by atoms with van der Waals surface area (Å²) >= 11 is 0. The number of hydrogen-bond donors (Lipinski definition) is 2. The van der Waals surface area contributed by atoms with E-state index in [1.165, 1.54) is 16.5 Å². The molecular formula is C24H24FN5. The van der Waals surface area contributed by atoms with E-state index in [4.69, 9.17) is 0 Å². The number of rotatable bonds is 2. The highest BCUT2D eigenvalue weighted by Crippen LogP contribution is 2.53. The number of aryl methyl sites for hydroxylation is 2. The summed E-state index contributed by atoms with van der Waals surface area (Å²) in [5.74, 6) is 1.78. The zero-order valence-electron chi connectivity index (χ0n) is 17.6. The van der Waals surface area contributed by atoms with E-state index in [0.29, 0.717) is 11.6 Å². The highest BCUT2D eigenvalue weighted by atomic mass is 19.1. The number of para-hydroxylation sites is 1. The standard InChI is InChI=1S/C24H24FN5/c1-12-11-26-20-15(12)6-5-7-16(20)17-10-18(25)21-22(19(17)14-8-9-14)30-13(2)28-29-23(30)24(3,4)27-21/h5-7,10-11,14,26-27H,8-9H2,1-4H3. The quantitative estimate of drug-likeness (QED) is 0.452. The van der Waals surface area contributed by atoms with E-state index in [1.54, 1.807) is 6.07 Å². The molecule has 2 aliphatic rings. The molecule has 0 unspecified atom stereocenters. The fourth-order valence-corrected chi connectivity index (χ4v) is 4.93. The molecule has 1 saturated carbocycles. The lowest BCUT2D eigenvalue weighted by molar-refractivity contribution is 0.521. The minimum atomic E-state index is -0.506. The van der Waals surface area contributed by atoms with Gasteiger partial charge in [-0.2, -0.15) is 0 Å². The van der Waals surface area contributed by atoms with Crippen molar-refractivity contribution < 1.29 is 4.39 Å². The van der Waals surface area contributed by atoms with E-state index >= 15 is 4.39 Å². The van der Waals surface area contributed by atoms with Crippen LogP contribution in [0.1, 0.15) is 55.4 Å². The molecule has 2 aromatic heterocycles. The minimum absolute atomic E-state index is 0.239. The average molecular weight is 401 g/mol. The number of aromatic amines is 1. The topological polar surface area (TPSA) is 58.5 Å². The van der Waals surface area contributed by atoms with Gasteiger partial charge in [-0.05, 0) is 69.2 Å². The molecule has 6 heteroatoms. The van der Waals surface area contributed by atoms with E-state index < -0.39 is 5.54 Å². The molecule has 1 fully saturated rings. The number of benzene rings is 2. The van der Waals surface area contributed by atoms with Gasteiger partial charge in [-0.1, -0.05) is 18.2 Å². The lowest BCUT2D eigenvalue weighted by Gasteiger charge is -2.36. The summed E-state index contributed by atoms with van der Waals surface area (Å²) in [6.45, 7) is 8.07. The maximum atomic E-state index is 15.6. The Morgan fingerprint density at radius 1 is 1.13 bits per heavy atom. The molecule has 0 bridgehead atoms. The van der Waals surface area contributed by atoms with E-state index in [2.05, 4.69) is 50.2 Å². The van der Waals surface area contributed by atoms with Crippen LogP contribution in [0.15, 0.2) is 30.5 Å². The maximum Gasteiger partial charge on any atom is 0.162 e. The van der Waals surface area contributed by atoms with Crippen molar-refractivity contribution in [1.29, 1.82) is 0 Å². The molecule has 1 aliphatic heterocycles. The molecule has 3 heterocycles. The second-order valence-electron chi connectivity index (χ2n) is 9.17. The van der Waals surface area contributed by atoms with Crippen LogP contribution in [0.5, 0.6) is 0 Å². The van der Waals surface area contributed by atoms with Gasteiger partial charge in [0.1, 0.15) is 11.6 Å². The zero-order valence-corrected chi connectivity index (χ0v) is 17.6. The van der Waals surface area contributed by atoms with Crippen molar-refractivity contribution in [3.05, 3.63) is 59.1 Å². The molecule has 0 atom stereocenters. The van der Waals surface area contributed by atoms with Crippen LogP contribution in [0, 0.1) is 19.7 Å². The van der Waals surface area contributed by atoms with E-state index in [0.717, 1.165) is 46.8 Å². The number of H-pyrrole nitrogens is 1. The normalized spacial score (nSPS) is 17.0. The molecule has 0 saturated heterocycles. The van der Waals surface area contributed by atoms with Crippen LogP contribution in [0.4, 0.5) is 10.1 Å². The highest BCUT2D eigenvalue weighted by Gasteiger charge is 2.41. The lowest BCUT2D eigenvalue weighted by Crippen LogP contribution is -2.37. The number of anilines is 1. The smallest absolute Gasteiger partial charge is 0.162 e. The average Bonchev–Trinajstić information content (AvgIpc) is 3.36. The van der Waals surface area contributed by atoms with E-state index in [-0.39, 0.29) is 5.82 Å². The summed E-state index contributed by atoms with van der Waals surface area (Å²) in [7, 11) is 0. The summed E-state index contributed by atoms with van der Waals surface area (Å²) in [6.07, 6.45) is 4.25. The summed E-state index contributed by atoms with van der Waals surface area (Å²) < 4.78 is 17.7.